The van der Waals surface area contributed by atoms with Crippen molar-refractivity contribution in [3.8, 4) is 73.5 Å². The Kier molecular flexibility index (Phi) is 9.78. The molecule has 0 aliphatic rings. The first-order chi connectivity index (χ1) is 37.2. The SMILES string of the molecule is c1ccc(-c2ccc(-n3c4ccccc4c4ccccc43)c(-c3ccc(-c4nc(-c5cccc(-n6c7ccccc7c7ccccc76)c5)nc(-n5c6ccccc6c6cccc(-c7ccccc7)c65)n4)cc3)c2)cc1. The van der Waals surface area contributed by atoms with E-state index in [0.717, 1.165) is 99.8 Å². The Labute approximate surface area is 432 Å². The number of aromatic nitrogens is 6. The standard InChI is InChI=1S/C69H44N6/c1-3-19-45(20-4-1)49-41-42-65(74-62-34-14-9-27-55(62)56-28-10-15-35-63(56)74)59(44-49)47-37-39-48(40-38-47)67-70-68(50-23-17-24-51(43-50)73-60-32-12-7-25-53(60)54-26-8-13-33-61(54)73)72-69(71-67)75-64-36-16-11-29-57(64)58-31-18-30-52(66(58)75)46-21-5-2-6-22-46/h1-44H. The number of hydrogen-bond acceptors (Lipinski definition) is 3. The molecule has 0 radical (unpaired) electrons. The van der Waals surface area contributed by atoms with Crippen LogP contribution in [0.25, 0.3) is 139 Å². The molecule has 75 heavy (non-hydrogen) atoms. The third-order valence-electron chi connectivity index (χ3n) is 14.9. The number of hydrogen-bond donors (Lipinski definition) is 0. The van der Waals surface area contributed by atoms with E-state index in [1.54, 1.807) is 0 Å². The monoisotopic (exact) mass is 956 g/mol. The minimum absolute atomic E-state index is 0.542. The van der Waals surface area contributed by atoms with Crippen molar-refractivity contribution in [3.63, 3.8) is 0 Å². The smallest absolute Gasteiger partial charge is 0.238 e. The molecular formula is C69H44N6. The molecule has 0 aliphatic carbocycles. The average molecular weight is 957 g/mol. The van der Waals surface area contributed by atoms with E-state index in [2.05, 4.69) is 281 Å². The number of nitrogens with zero attached hydrogens (tertiary/aromatic N) is 6. The highest BCUT2D eigenvalue weighted by atomic mass is 15.2. The van der Waals surface area contributed by atoms with Crippen LogP contribution in [0, 0.1) is 0 Å². The van der Waals surface area contributed by atoms with Gasteiger partial charge in [-0.15, -0.1) is 0 Å². The number of benzene rings is 11. The van der Waals surface area contributed by atoms with Crippen molar-refractivity contribution in [1.82, 2.24) is 28.7 Å². The highest BCUT2D eigenvalue weighted by Crippen LogP contribution is 2.41. The molecule has 0 saturated carbocycles. The highest BCUT2D eigenvalue weighted by molar-refractivity contribution is 6.14. The highest BCUT2D eigenvalue weighted by Gasteiger charge is 2.22. The molecule has 11 aromatic carbocycles. The Hall–Kier alpha value is -10.2. The Balaban J connectivity index is 0.945. The Morgan fingerprint density at radius 1 is 0.240 bits per heavy atom. The van der Waals surface area contributed by atoms with Gasteiger partial charge in [0.1, 0.15) is 0 Å². The quantitative estimate of drug-likeness (QED) is 0.152. The van der Waals surface area contributed by atoms with Crippen LogP contribution in [0.2, 0.25) is 0 Å². The van der Waals surface area contributed by atoms with Crippen LogP contribution in [0.1, 0.15) is 0 Å². The fourth-order valence-electron chi connectivity index (χ4n) is 11.5. The van der Waals surface area contributed by atoms with Crippen molar-refractivity contribution < 1.29 is 0 Å². The molecule has 0 spiro atoms. The van der Waals surface area contributed by atoms with E-state index in [1.165, 1.54) is 21.5 Å². The maximum atomic E-state index is 5.48. The molecular weight excluding hydrogens is 913 g/mol. The summed E-state index contributed by atoms with van der Waals surface area (Å²) in [6.07, 6.45) is 0. The molecule has 15 rings (SSSR count). The van der Waals surface area contributed by atoms with Gasteiger partial charge in [-0.1, -0.05) is 212 Å². The minimum atomic E-state index is 0.542. The second-order valence-corrected chi connectivity index (χ2v) is 19.2. The van der Waals surface area contributed by atoms with Crippen LogP contribution in [-0.4, -0.2) is 28.7 Å². The first kappa shape index (κ1) is 42.5. The maximum Gasteiger partial charge on any atom is 0.238 e. The van der Waals surface area contributed by atoms with E-state index in [1.807, 2.05) is 0 Å². The van der Waals surface area contributed by atoms with Crippen molar-refractivity contribution in [2.45, 2.75) is 0 Å². The molecule has 15 aromatic rings. The largest absolute Gasteiger partial charge is 0.309 e. The summed E-state index contributed by atoms with van der Waals surface area (Å²) in [5.74, 6) is 1.70. The molecule has 0 saturated heterocycles. The summed E-state index contributed by atoms with van der Waals surface area (Å²) in [5, 5.41) is 7.13. The van der Waals surface area contributed by atoms with Gasteiger partial charge in [-0.25, -0.2) is 4.98 Å². The maximum absolute atomic E-state index is 5.48. The van der Waals surface area contributed by atoms with E-state index in [-0.39, 0.29) is 0 Å². The second-order valence-electron chi connectivity index (χ2n) is 19.2. The lowest BCUT2D eigenvalue weighted by Crippen LogP contribution is -2.07. The predicted molar refractivity (Wildman–Crippen MR) is 310 cm³/mol. The molecule has 4 aromatic heterocycles. The lowest BCUT2D eigenvalue weighted by molar-refractivity contribution is 0.953. The van der Waals surface area contributed by atoms with Gasteiger partial charge in [0, 0.05) is 60.3 Å². The third kappa shape index (κ3) is 6.92. The van der Waals surface area contributed by atoms with Crippen LogP contribution < -0.4 is 0 Å². The van der Waals surface area contributed by atoms with Gasteiger partial charge in [0.15, 0.2) is 11.6 Å². The first-order valence-corrected chi connectivity index (χ1v) is 25.4. The van der Waals surface area contributed by atoms with Crippen molar-refractivity contribution in [2.75, 3.05) is 0 Å². The third-order valence-corrected chi connectivity index (χ3v) is 14.9. The van der Waals surface area contributed by atoms with Crippen molar-refractivity contribution in [3.05, 3.63) is 267 Å². The van der Waals surface area contributed by atoms with Crippen LogP contribution in [0.3, 0.4) is 0 Å². The summed E-state index contributed by atoms with van der Waals surface area (Å²) in [5.41, 5.74) is 17.3. The topological polar surface area (TPSA) is 53.5 Å². The molecule has 6 heteroatoms. The molecule has 0 atom stereocenters. The van der Waals surface area contributed by atoms with E-state index in [4.69, 9.17) is 15.0 Å². The molecule has 0 amide bonds. The Morgan fingerprint density at radius 2 is 0.667 bits per heavy atom. The lowest BCUT2D eigenvalue weighted by atomic mass is 9.96. The molecule has 6 nitrogen and oxygen atoms in total. The molecule has 0 N–H and O–H groups in total. The summed E-state index contributed by atoms with van der Waals surface area (Å²) < 4.78 is 6.99. The number of fused-ring (bicyclic) bond motifs is 9. The lowest BCUT2D eigenvalue weighted by Gasteiger charge is -2.17. The van der Waals surface area contributed by atoms with E-state index < -0.39 is 0 Å². The summed E-state index contributed by atoms with van der Waals surface area (Å²) >= 11 is 0. The Morgan fingerprint density at radius 3 is 1.27 bits per heavy atom. The van der Waals surface area contributed by atoms with Crippen molar-refractivity contribution >= 4 is 65.4 Å². The second kappa shape index (κ2) is 17.3. The van der Waals surface area contributed by atoms with Crippen molar-refractivity contribution in [1.29, 1.82) is 0 Å². The van der Waals surface area contributed by atoms with Gasteiger partial charge in [-0.2, -0.15) is 9.97 Å². The molecule has 0 fully saturated rings. The van der Waals surface area contributed by atoms with Gasteiger partial charge >= 0.3 is 0 Å². The number of rotatable bonds is 8. The van der Waals surface area contributed by atoms with Crippen LogP contribution in [0.5, 0.6) is 0 Å². The van der Waals surface area contributed by atoms with Crippen LogP contribution in [0.15, 0.2) is 267 Å². The molecule has 0 bridgehead atoms. The molecule has 4 heterocycles. The van der Waals surface area contributed by atoms with Crippen LogP contribution >= 0.6 is 0 Å². The van der Waals surface area contributed by atoms with Gasteiger partial charge in [-0.3, -0.25) is 4.57 Å². The van der Waals surface area contributed by atoms with Gasteiger partial charge in [-0.05, 0) is 76.9 Å². The summed E-state index contributed by atoms with van der Waals surface area (Å²) in [7, 11) is 0. The van der Waals surface area contributed by atoms with Gasteiger partial charge in [0.25, 0.3) is 0 Å². The summed E-state index contributed by atoms with van der Waals surface area (Å²) in [6, 6.07) is 95.2. The van der Waals surface area contributed by atoms with Crippen molar-refractivity contribution in [2.24, 2.45) is 0 Å². The molecule has 0 aliphatic heterocycles. The van der Waals surface area contributed by atoms with Gasteiger partial charge in [0.2, 0.25) is 5.95 Å². The van der Waals surface area contributed by atoms with E-state index in [9.17, 15) is 0 Å². The van der Waals surface area contributed by atoms with Crippen LogP contribution in [0.4, 0.5) is 0 Å². The predicted octanol–water partition coefficient (Wildman–Crippen LogP) is 17.5. The van der Waals surface area contributed by atoms with Gasteiger partial charge < -0.3 is 9.13 Å². The van der Waals surface area contributed by atoms with E-state index in [0.29, 0.717) is 17.6 Å². The summed E-state index contributed by atoms with van der Waals surface area (Å²) in [4.78, 5) is 16.4. The number of para-hydroxylation sites is 6. The van der Waals surface area contributed by atoms with Gasteiger partial charge in [0.05, 0.1) is 38.8 Å². The first-order valence-electron chi connectivity index (χ1n) is 25.4. The molecule has 350 valence electrons. The fourth-order valence-corrected chi connectivity index (χ4v) is 11.5. The Bertz CT molecular complexity index is 4590. The van der Waals surface area contributed by atoms with Crippen LogP contribution in [-0.2, 0) is 0 Å². The zero-order chi connectivity index (χ0) is 49.4. The zero-order valence-electron chi connectivity index (χ0n) is 40.6. The molecule has 0 unspecified atom stereocenters. The fraction of sp³-hybridized carbons (Fsp3) is 0. The zero-order valence-corrected chi connectivity index (χ0v) is 40.6. The average Bonchev–Trinajstić information content (AvgIpc) is 4.14. The minimum Gasteiger partial charge on any atom is -0.309 e. The normalized spacial score (nSPS) is 11.7. The summed E-state index contributed by atoms with van der Waals surface area (Å²) in [6.45, 7) is 0. The van der Waals surface area contributed by atoms with E-state index >= 15 is 0 Å².